The summed E-state index contributed by atoms with van der Waals surface area (Å²) >= 11 is 1.39. The molecule has 1 amide bonds. The van der Waals surface area contributed by atoms with Gasteiger partial charge in [-0.05, 0) is 38.4 Å². The van der Waals surface area contributed by atoms with E-state index in [9.17, 15) is 9.18 Å². The van der Waals surface area contributed by atoms with Gasteiger partial charge in [0.25, 0.3) is 0 Å². The molecule has 21 heavy (non-hydrogen) atoms. The minimum Gasteiger partial charge on any atom is -0.353 e. The van der Waals surface area contributed by atoms with E-state index in [1.807, 2.05) is 6.07 Å². The number of piperidine rings is 1. The molecule has 118 valence electrons. The van der Waals surface area contributed by atoms with Gasteiger partial charge in [0.2, 0.25) is 5.91 Å². The fourth-order valence-electron chi connectivity index (χ4n) is 2.38. The van der Waals surface area contributed by atoms with Gasteiger partial charge in [0.05, 0.1) is 0 Å². The molecule has 0 bridgehead atoms. The molecular formula is C15H22ClFN2OS. The van der Waals surface area contributed by atoms with Crippen LogP contribution in [-0.2, 0) is 4.79 Å². The molecular weight excluding hydrogens is 311 g/mol. The number of amides is 1. The van der Waals surface area contributed by atoms with Crippen molar-refractivity contribution in [3.63, 3.8) is 0 Å². The van der Waals surface area contributed by atoms with Crippen LogP contribution in [0.25, 0.3) is 0 Å². The van der Waals surface area contributed by atoms with E-state index in [2.05, 4.69) is 17.6 Å². The summed E-state index contributed by atoms with van der Waals surface area (Å²) in [4.78, 5) is 12.5. The number of halogens is 2. The standard InChI is InChI=1S/C15H21FN2OS.ClH/c1-11-10-12(6-8-17-11)18-15(19)7-9-20-14-5-3-2-4-13(14)16;/h2-5,11-12,17H,6-10H2,1H3,(H,18,19);1H. The predicted octanol–water partition coefficient (Wildman–Crippen LogP) is 2.99. The second kappa shape index (κ2) is 9.28. The number of thioether (sulfide) groups is 1. The number of hydrogen-bond acceptors (Lipinski definition) is 3. The van der Waals surface area contributed by atoms with Crippen molar-refractivity contribution in [2.75, 3.05) is 12.3 Å². The molecule has 2 N–H and O–H groups in total. The topological polar surface area (TPSA) is 41.1 Å². The lowest BCUT2D eigenvalue weighted by atomic mass is 10.0. The highest BCUT2D eigenvalue weighted by atomic mass is 35.5. The van der Waals surface area contributed by atoms with E-state index in [-0.39, 0.29) is 30.2 Å². The number of rotatable bonds is 5. The molecule has 1 fully saturated rings. The Bertz CT molecular complexity index is 461. The average Bonchev–Trinajstić information content (AvgIpc) is 2.41. The van der Waals surface area contributed by atoms with Gasteiger partial charge in [-0.25, -0.2) is 4.39 Å². The van der Waals surface area contributed by atoms with Crippen LogP contribution >= 0.6 is 24.2 Å². The van der Waals surface area contributed by atoms with Crippen molar-refractivity contribution >= 4 is 30.1 Å². The fourth-order valence-corrected chi connectivity index (χ4v) is 3.27. The lowest BCUT2D eigenvalue weighted by molar-refractivity contribution is -0.121. The third-order valence-electron chi connectivity index (χ3n) is 3.41. The number of carbonyl (C=O) groups is 1. The summed E-state index contributed by atoms with van der Waals surface area (Å²) in [6.07, 6.45) is 2.39. The van der Waals surface area contributed by atoms with Crippen LogP contribution in [0.2, 0.25) is 0 Å². The molecule has 1 aromatic carbocycles. The zero-order valence-electron chi connectivity index (χ0n) is 12.1. The number of hydrogen-bond donors (Lipinski definition) is 2. The third-order valence-corrected chi connectivity index (χ3v) is 4.46. The number of carbonyl (C=O) groups excluding carboxylic acids is 1. The number of nitrogens with one attached hydrogen (secondary N) is 2. The fraction of sp³-hybridized carbons (Fsp3) is 0.533. The Morgan fingerprint density at radius 1 is 1.48 bits per heavy atom. The Morgan fingerprint density at radius 2 is 2.24 bits per heavy atom. The molecule has 1 aliphatic rings. The molecule has 0 radical (unpaired) electrons. The van der Waals surface area contributed by atoms with Crippen molar-refractivity contribution in [2.24, 2.45) is 0 Å². The van der Waals surface area contributed by atoms with Gasteiger partial charge in [0.15, 0.2) is 0 Å². The van der Waals surface area contributed by atoms with Gasteiger partial charge in [-0.1, -0.05) is 12.1 Å². The van der Waals surface area contributed by atoms with Crippen molar-refractivity contribution in [3.05, 3.63) is 30.1 Å². The molecule has 0 saturated carbocycles. The highest BCUT2D eigenvalue weighted by Crippen LogP contribution is 2.21. The first-order valence-electron chi connectivity index (χ1n) is 7.05. The predicted molar refractivity (Wildman–Crippen MR) is 87.6 cm³/mol. The summed E-state index contributed by atoms with van der Waals surface area (Å²) in [5.41, 5.74) is 0. The normalized spacial score (nSPS) is 21.4. The van der Waals surface area contributed by atoms with E-state index in [1.165, 1.54) is 17.8 Å². The highest BCUT2D eigenvalue weighted by molar-refractivity contribution is 7.99. The molecule has 6 heteroatoms. The lowest BCUT2D eigenvalue weighted by Gasteiger charge is -2.28. The van der Waals surface area contributed by atoms with E-state index in [0.717, 1.165) is 19.4 Å². The van der Waals surface area contributed by atoms with Gasteiger partial charge in [-0.15, -0.1) is 24.2 Å². The van der Waals surface area contributed by atoms with Crippen LogP contribution < -0.4 is 10.6 Å². The lowest BCUT2D eigenvalue weighted by Crippen LogP contribution is -2.46. The summed E-state index contributed by atoms with van der Waals surface area (Å²) in [5, 5.41) is 6.42. The summed E-state index contributed by atoms with van der Waals surface area (Å²) in [5.74, 6) is 0.450. The van der Waals surface area contributed by atoms with Crippen LogP contribution in [-0.4, -0.2) is 30.3 Å². The summed E-state index contributed by atoms with van der Waals surface area (Å²) in [6.45, 7) is 3.09. The van der Waals surface area contributed by atoms with Crippen LogP contribution in [0.15, 0.2) is 29.2 Å². The second-order valence-corrected chi connectivity index (χ2v) is 6.31. The minimum absolute atomic E-state index is 0. The first kappa shape index (κ1) is 18.3. The van der Waals surface area contributed by atoms with Crippen molar-refractivity contribution < 1.29 is 9.18 Å². The molecule has 1 heterocycles. The van der Waals surface area contributed by atoms with E-state index < -0.39 is 0 Å². The Balaban J connectivity index is 0.00000220. The molecule has 0 spiro atoms. The van der Waals surface area contributed by atoms with Gasteiger partial charge in [0.1, 0.15) is 5.82 Å². The molecule has 1 aromatic rings. The zero-order valence-corrected chi connectivity index (χ0v) is 13.7. The maximum Gasteiger partial charge on any atom is 0.221 e. The Kier molecular flexibility index (Phi) is 8.07. The van der Waals surface area contributed by atoms with Crippen molar-refractivity contribution in [1.82, 2.24) is 10.6 Å². The average molecular weight is 333 g/mol. The van der Waals surface area contributed by atoms with Crippen molar-refractivity contribution in [3.8, 4) is 0 Å². The van der Waals surface area contributed by atoms with Crippen molar-refractivity contribution in [2.45, 2.75) is 43.2 Å². The molecule has 2 atom stereocenters. The van der Waals surface area contributed by atoms with Crippen molar-refractivity contribution in [1.29, 1.82) is 0 Å². The van der Waals surface area contributed by atoms with Gasteiger partial charge >= 0.3 is 0 Å². The second-order valence-electron chi connectivity index (χ2n) is 5.17. The SMILES string of the molecule is CC1CC(NC(=O)CCSc2ccccc2F)CCN1.Cl. The van der Waals surface area contributed by atoms with Crippen LogP contribution in [0, 0.1) is 5.82 Å². The maximum absolute atomic E-state index is 13.4. The van der Waals surface area contributed by atoms with E-state index in [4.69, 9.17) is 0 Å². The minimum atomic E-state index is -0.218. The summed E-state index contributed by atoms with van der Waals surface area (Å²) in [6, 6.07) is 7.40. The van der Waals surface area contributed by atoms with Gasteiger partial charge < -0.3 is 10.6 Å². The molecule has 2 rings (SSSR count). The number of benzene rings is 1. The van der Waals surface area contributed by atoms with Crippen LogP contribution in [0.1, 0.15) is 26.2 Å². The molecule has 2 unspecified atom stereocenters. The monoisotopic (exact) mass is 332 g/mol. The van der Waals surface area contributed by atoms with E-state index >= 15 is 0 Å². The smallest absolute Gasteiger partial charge is 0.221 e. The quantitative estimate of drug-likeness (QED) is 0.814. The molecule has 0 aliphatic carbocycles. The Morgan fingerprint density at radius 3 is 2.95 bits per heavy atom. The Labute approximate surface area is 135 Å². The molecule has 0 aromatic heterocycles. The van der Waals surface area contributed by atoms with Gasteiger partial charge in [0, 0.05) is 29.2 Å². The van der Waals surface area contributed by atoms with E-state index in [0.29, 0.717) is 23.1 Å². The maximum atomic E-state index is 13.4. The van der Waals surface area contributed by atoms with Crippen LogP contribution in [0.3, 0.4) is 0 Å². The van der Waals surface area contributed by atoms with Crippen LogP contribution in [0.5, 0.6) is 0 Å². The first-order chi connectivity index (χ1) is 9.65. The molecule has 1 saturated heterocycles. The van der Waals surface area contributed by atoms with E-state index in [1.54, 1.807) is 12.1 Å². The third kappa shape index (κ3) is 6.24. The Hall–Kier alpha value is -0.780. The largest absolute Gasteiger partial charge is 0.353 e. The molecule has 3 nitrogen and oxygen atoms in total. The van der Waals surface area contributed by atoms with Gasteiger partial charge in [-0.2, -0.15) is 0 Å². The summed E-state index contributed by atoms with van der Waals surface area (Å²) < 4.78 is 13.4. The van der Waals surface area contributed by atoms with Crippen LogP contribution in [0.4, 0.5) is 4.39 Å². The molecule has 1 aliphatic heterocycles. The summed E-state index contributed by atoms with van der Waals surface area (Å²) in [7, 11) is 0. The van der Waals surface area contributed by atoms with Gasteiger partial charge in [-0.3, -0.25) is 4.79 Å². The highest BCUT2D eigenvalue weighted by Gasteiger charge is 2.19. The first-order valence-corrected chi connectivity index (χ1v) is 8.04. The zero-order chi connectivity index (χ0) is 14.4.